The molecule has 0 saturated heterocycles. The van der Waals surface area contributed by atoms with Crippen LogP contribution < -0.4 is 5.32 Å². The first-order valence-electron chi connectivity index (χ1n) is 7.54. The van der Waals surface area contributed by atoms with Crippen LogP contribution in [0.1, 0.15) is 27.2 Å². The third-order valence-corrected chi connectivity index (χ3v) is 3.82. The molecule has 0 radical (unpaired) electrons. The Balaban J connectivity index is 2.05. The summed E-state index contributed by atoms with van der Waals surface area (Å²) >= 11 is 5.97. The van der Waals surface area contributed by atoms with Crippen LogP contribution in [0.15, 0.2) is 24.3 Å². The first-order valence-corrected chi connectivity index (χ1v) is 7.92. The van der Waals surface area contributed by atoms with Gasteiger partial charge < -0.3 is 10.1 Å². The van der Waals surface area contributed by atoms with E-state index in [1.807, 2.05) is 0 Å². The predicted molar refractivity (Wildman–Crippen MR) is 95.5 cm³/mol. The SMILES string of the molecule is Cc1cc(C)c(C(=O)OCC(=O)Nc2cc([N+](=O)[O-])ccc2C)c(Cl)n1. The summed E-state index contributed by atoms with van der Waals surface area (Å²) in [5, 5.41) is 13.3. The maximum atomic E-state index is 12.1. The fourth-order valence-corrected chi connectivity index (χ4v) is 2.64. The number of anilines is 1. The summed E-state index contributed by atoms with van der Waals surface area (Å²) in [6, 6.07) is 5.76. The smallest absolute Gasteiger partial charge is 0.342 e. The summed E-state index contributed by atoms with van der Waals surface area (Å²) < 4.78 is 4.97. The van der Waals surface area contributed by atoms with E-state index in [9.17, 15) is 19.7 Å². The number of carbonyl (C=O) groups excluding carboxylic acids is 2. The highest BCUT2D eigenvalue weighted by atomic mass is 35.5. The van der Waals surface area contributed by atoms with Crippen LogP contribution in [-0.2, 0) is 9.53 Å². The van der Waals surface area contributed by atoms with Crippen molar-refractivity contribution < 1.29 is 19.2 Å². The van der Waals surface area contributed by atoms with E-state index in [4.69, 9.17) is 16.3 Å². The summed E-state index contributed by atoms with van der Waals surface area (Å²) in [6.07, 6.45) is 0. The molecule has 0 aliphatic heterocycles. The van der Waals surface area contributed by atoms with Gasteiger partial charge >= 0.3 is 5.97 Å². The number of aryl methyl sites for hydroxylation is 3. The largest absolute Gasteiger partial charge is 0.452 e. The Kier molecular flexibility index (Phi) is 5.89. The number of nitro benzene ring substituents is 1. The number of hydrogen-bond acceptors (Lipinski definition) is 6. The van der Waals surface area contributed by atoms with E-state index in [0.717, 1.165) is 0 Å². The average Bonchev–Trinajstić information content (AvgIpc) is 2.53. The quantitative estimate of drug-likeness (QED) is 0.370. The Hall–Kier alpha value is -3.00. The van der Waals surface area contributed by atoms with Gasteiger partial charge in [0.15, 0.2) is 6.61 Å². The third kappa shape index (κ3) is 4.54. The molecule has 1 amide bonds. The van der Waals surface area contributed by atoms with Crippen molar-refractivity contribution in [3.05, 3.63) is 61.9 Å². The highest BCUT2D eigenvalue weighted by Gasteiger charge is 2.19. The minimum Gasteiger partial charge on any atom is -0.452 e. The molecule has 0 aliphatic carbocycles. The zero-order valence-corrected chi connectivity index (χ0v) is 15.1. The number of amides is 1. The number of nitrogens with one attached hydrogen (secondary N) is 1. The van der Waals surface area contributed by atoms with Gasteiger partial charge in [0, 0.05) is 17.8 Å². The van der Waals surface area contributed by atoms with Crippen LogP contribution in [0.2, 0.25) is 5.15 Å². The van der Waals surface area contributed by atoms with Crippen molar-refractivity contribution in [3.63, 3.8) is 0 Å². The van der Waals surface area contributed by atoms with Crippen LogP contribution >= 0.6 is 11.6 Å². The van der Waals surface area contributed by atoms with Crippen molar-refractivity contribution in [1.82, 2.24) is 4.98 Å². The standard InChI is InChI=1S/C17H16ClN3O5/c1-9-4-5-12(21(24)25)7-13(9)20-14(22)8-26-17(23)15-10(2)6-11(3)19-16(15)18/h4-7H,8H2,1-3H3,(H,20,22). The van der Waals surface area contributed by atoms with Crippen molar-refractivity contribution >= 4 is 34.9 Å². The van der Waals surface area contributed by atoms with Crippen molar-refractivity contribution in [1.29, 1.82) is 0 Å². The van der Waals surface area contributed by atoms with Crippen LogP contribution in [0.5, 0.6) is 0 Å². The molecule has 0 aliphatic rings. The number of halogens is 1. The number of nitrogens with zero attached hydrogens (tertiary/aromatic N) is 2. The third-order valence-electron chi connectivity index (χ3n) is 3.55. The Morgan fingerprint density at radius 3 is 2.54 bits per heavy atom. The van der Waals surface area contributed by atoms with Gasteiger partial charge in [0.1, 0.15) is 5.15 Å². The van der Waals surface area contributed by atoms with Gasteiger partial charge in [-0.05, 0) is 38.0 Å². The maximum Gasteiger partial charge on any atom is 0.342 e. The Morgan fingerprint density at radius 1 is 1.23 bits per heavy atom. The molecule has 0 atom stereocenters. The molecular weight excluding hydrogens is 362 g/mol. The van der Waals surface area contributed by atoms with Crippen molar-refractivity contribution in [3.8, 4) is 0 Å². The molecule has 0 spiro atoms. The van der Waals surface area contributed by atoms with Crippen molar-refractivity contribution in [2.24, 2.45) is 0 Å². The van der Waals surface area contributed by atoms with Gasteiger partial charge in [-0.2, -0.15) is 0 Å². The van der Waals surface area contributed by atoms with E-state index < -0.39 is 23.4 Å². The molecule has 1 aromatic heterocycles. The summed E-state index contributed by atoms with van der Waals surface area (Å²) in [4.78, 5) is 38.4. The maximum absolute atomic E-state index is 12.1. The fraction of sp³-hybridized carbons (Fsp3) is 0.235. The van der Waals surface area contributed by atoms with Gasteiger partial charge in [-0.1, -0.05) is 17.7 Å². The lowest BCUT2D eigenvalue weighted by Crippen LogP contribution is -2.22. The lowest BCUT2D eigenvalue weighted by molar-refractivity contribution is -0.384. The van der Waals surface area contributed by atoms with Crippen molar-refractivity contribution in [2.45, 2.75) is 20.8 Å². The predicted octanol–water partition coefficient (Wildman–Crippen LogP) is 3.36. The highest BCUT2D eigenvalue weighted by molar-refractivity contribution is 6.32. The van der Waals surface area contributed by atoms with E-state index in [1.165, 1.54) is 18.2 Å². The molecular formula is C17H16ClN3O5. The van der Waals surface area contributed by atoms with Crippen LogP contribution in [0, 0.1) is 30.9 Å². The molecule has 26 heavy (non-hydrogen) atoms. The van der Waals surface area contributed by atoms with Crippen LogP contribution in [-0.4, -0.2) is 28.4 Å². The number of esters is 1. The molecule has 0 unspecified atom stereocenters. The van der Waals surface area contributed by atoms with Gasteiger partial charge in [-0.25, -0.2) is 9.78 Å². The summed E-state index contributed by atoms with van der Waals surface area (Å²) in [6.45, 7) is 4.55. The second-order valence-corrected chi connectivity index (χ2v) is 5.99. The molecule has 1 heterocycles. The molecule has 1 N–H and O–H groups in total. The lowest BCUT2D eigenvalue weighted by atomic mass is 10.1. The van der Waals surface area contributed by atoms with Gasteiger partial charge in [0.25, 0.3) is 11.6 Å². The van der Waals surface area contributed by atoms with Crippen LogP contribution in [0.25, 0.3) is 0 Å². The number of nitro groups is 1. The summed E-state index contributed by atoms with van der Waals surface area (Å²) in [5.74, 6) is -1.40. The van der Waals surface area contributed by atoms with Crippen LogP contribution in [0.3, 0.4) is 0 Å². The Morgan fingerprint density at radius 2 is 1.92 bits per heavy atom. The minimum absolute atomic E-state index is 0.00226. The van der Waals surface area contributed by atoms with Crippen LogP contribution in [0.4, 0.5) is 11.4 Å². The number of hydrogen-bond donors (Lipinski definition) is 1. The number of carbonyl (C=O) groups is 2. The normalized spacial score (nSPS) is 10.3. The van der Waals surface area contributed by atoms with E-state index in [-0.39, 0.29) is 22.1 Å². The second kappa shape index (κ2) is 7.92. The monoisotopic (exact) mass is 377 g/mol. The molecule has 136 valence electrons. The Labute approximate surface area is 154 Å². The highest BCUT2D eigenvalue weighted by Crippen LogP contribution is 2.22. The minimum atomic E-state index is -0.772. The molecule has 2 aromatic rings. The number of benzene rings is 1. The number of aromatic nitrogens is 1. The van der Waals surface area contributed by atoms with Crippen molar-refractivity contribution in [2.75, 3.05) is 11.9 Å². The topological polar surface area (TPSA) is 111 Å². The lowest BCUT2D eigenvalue weighted by Gasteiger charge is -2.10. The molecule has 8 nitrogen and oxygen atoms in total. The molecule has 0 fully saturated rings. The first-order chi connectivity index (χ1) is 12.2. The molecule has 9 heteroatoms. The summed E-state index contributed by atoms with van der Waals surface area (Å²) in [7, 11) is 0. The molecule has 2 rings (SSSR count). The fourth-order valence-electron chi connectivity index (χ4n) is 2.28. The van der Waals surface area contributed by atoms with E-state index in [2.05, 4.69) is 10.3 Å². The number of pyridine rings is 1. The van der Waals surface area contributed by atoms with Gasteiger partial charge in [0.2, 0.25) is 0 Å². The number of ether oxygens (including phenoxy) is 1. The average molecular weight is 378 g/mol. The summed E-state index contributed by atoms with van der Waals surface area (Å²) in [5.41, 5.74) is 2.08. The molecule has 0 bridgehead atoms. The van der Waals surface area contributed by atoms with Gasteiger partial charge in [0.05, 0.1) is 16.2 Å². The van der Waals surface area contributed by atoms with E-state index in [0.29, 0.717) is 16.8 Å². The zero-order valence-electron chi connectivity index (χ0n) is 14.3. The van der Waals surface area contributed by atoms with Gasteiger partial charge in [-0.15, -0.1) is 0 Å². The molecule has 1 aromatic carbocycles. The van der Waals surface area contributed by atoms with Gasteiger partial charge in [-0.3, -0.25) is 14.9 Å². The van der Waals surface area contributed by atoms with E-state index >= 15 is 0 Å². The number of non-ortho nitro benzene ring substituents is 1. The second-order valence-electron chi connectivity index (χ2n) is 5.63. The zero-order chi connectivity index (χ0) is 19.4. The number of rotatable bonds is 5. The Bertz CT molecular complexity index is 875. The molecule has 0 saturated carbocycles. The van der Waals surface area contributed by atoms with E-state index in [1.54, 1.807) is 26.8 Å². The first kappa shape index (κ1) is 19.3.